The van der Waals surface area contributed by atoms with Crippen LogP contribution in [0.5, 0.6) is 0 Å². The molecule has 0 radical (unpaired) electrons. The summed E-state index contributed by atoms with van der Waals surface area (Å²) >= 11 is 0. The summed E-state index contributed by atoms with van der Waals surface area (Å²) in [6, 6.07) is 5.90. The zero-order valence-corrected chi connectivity index (χ0v) is 27.2. The Kier molecular flexibility index (Phi) is 11.2. The van der Waals surface area contributed by atoms with Crippen molar-refractivity contribution in [2.45, 2.75) is 122 Å². The largest absolute Gasteiger partial charge is 0.452 e. The number of hydrogen-bond donors (Lipinski definition) is 3. The number of aliphatic hydroxyl groups is 1. The van der Waals surface area contributed by atoms with E-state index in [2.05, 4.69) is 42.7 Å². The lowest BCUT2D eigenvalue weighted by Gasteiger charge is -2.44. The molecule has 1 saturated heterocycles. The molecule has 1 fully saturated rings. The van der Waals surface area contributed by atoms with E-state index in [4.69, 9.17) is 9.47 Å². The van der Waals surface area contributed by atoms with Gasteiger partial charge in [0.15, 0.2) is 6.23 Å². The molecule has 1 aromatic rings. The van der Waals surface area contributed by atoms with E-state index >= 15 is 0 Å². The number of piperidine rings is 1. The molecule has 3 N–H and O–H groups in total. The van der Waals surface area contributed by atoms with Gasteiger partial charge in [0.2, 0.25) is 0 Å². The SMILES string of the molecule is CCCC1(CCC)C=CCC(c2ccc3c(c2)N(C(=O)OC2CCCCN2)CC(C)N3C(=O)OC)CNC1CC(C)(C)O. The molecule has 1 aromatic carbocycles. The van der Waals surface area contributed by atoms with Gasteiger partial charge in [0.25, 0.3) is 0 Å². The number of ether oxygens (including phenoxy) is 2. The molecule has 43 heavy (non-hydrogen) atoms. The van der Waals surface area contributed by atoms with Crippen LogP contribution in [0.1, 0.15) is 104 Å². The van der Waals surface area contributed by atoms with Crippen LogP contribution < -0.4 is 20.4 Å². The minimum atomic E-state index is -0.791. The molecule has 3 heterocycles. The Bertz CT molecular complexity index is 1120. The van der Waals surface area contributed by atoms with Crippen molar-refractivity contribution < 1.29 is 24.2 Å². The second-order valence-corrected chi connectivity index (χ2v) is 13.4. The fourth-order valence-corrected chi connectivity index (χ4v) is 7.31. The molecule has 4 unspecified atom stereocenters. The van der Waals surface area contributed by atoms with Crippen molar-refractivity contribution in [2.75, 3.05) is 36.5 Å². The Morgan fingerprint density at radius 3 is 2.47 bits per heavy atom. The highest BCUT2D eigenvalue weighted by Crippen LogP contribution is 2.43. The van der Waals surface area contributed by atoms with E-state index in [0.29, 0.717) is 24.3 Å². The molecule has 9 heteroatoms. The van der Waals surface area contributed by atoms with Crippen molar-refractivity contribution in [2.24, 2.45) is 5.41 Å². The van der Waals surface area contributed by atoms with Crippen LogP contribution in [0, 0.1) is 5.41 Å². The molecule has 0 saturated carbocycles. The van der Waals surface area contributed by atoms with Crippen molar-refractivity contribution in [1.29, 1.82) is 0 Å². The summed E-state index contributed by atoms with van der Waals surface area (Å²) in [7, 11) is 1.38. The Balaban J connectivity index is 1.67. The van der Waals surface area contributed by atoms with Gasteiger partial charge in [-0.05, 0) is 95.9 Å². The normalized spacial score (nSPS) is 25.8. The monoisotopic (exact) mass is 598 g/mol. The number of rotatable bonds is 8. The van der Waals surface area contributed by atoms with Crippen molar-refractivity contribution in [3.8, 4) is 0 Å². The fraction of sp³-hybridized carbons (Fsp3) is 0.706. The van der Waals surface area contributed by atoms with E-state index in [1.54, 1.807) is 9.80 Å². The standard InChI is InChI=1S/C34H54N4O5/c1-7-16-34(17-8-2)18-11-12-26(22-36-29(34)21-33(4,5)41)25-14-15-27-28(20-25)37(23-24(3)38(27)32(40)42-6)31(39)43-30-13-9-10-19-35-30/h11,14-15,18,20,24,26,29-30,35-36,41H,7-10,12-13,16-17,19,21-23H2,1-6H3. The van der Waals surface area contributed by atoms with Crippen LogP contribution in [0.2, 0.25) is 0 Å². The van der Waals surface area contributed by atoms with Gasteiger partial charge >= 0.3 is 12.2 Å². The van der Waals surface area contributed by atoms with E-state index < -0.39 is 17.8 Å². The number of hydrogen-bond acceptors (Lipinski definition) is 7. The molecular formula is C34H54N4O5. The van der Waals surface area contributed by atoms with Gasteiger partial charge in [0, 0.05) is 18.0 Å². The molecule has 0 bridgehead atoms. The third-order valence-electron chi connectivity index (χ3n) is 9.32. The van der Waals surface area contributed by atoms with Crippen LogP contribution in [0.4, 0.5) is 21.0 Å². The topological polar surface area (TPSA) is 103 Å². The summed E-state index contributed by atoms with van der Waals surface area (Å²) in [6.07, 6.45) is 12.3. The summed E-state index contributed by atoms with van der Waals surface area (Å²) in [5, 5.41) is 18.0. The molecule has 3 aliphatic heterocycles. The van der Waals surface area contributed by atoms with Crippen molar-refractivity contribution in [3.63, 3.8) is 0 Å². The first-order valence-corrected chi connectivity index (χ1v) is 16.4. The summed E-state index contributed by atoms with van der Waals surface area (Å²) in [5.74, 6) is 0.149. The second kappa shape index (κ2) is 14.4. The molecular weight excluding hydrogens is 544 g/mol. The summed E-state index contributed by atoms with van der Waals surface area (Å²) in [6.45, 7) is 12.1. The number of carbonyl (C=O) groups is 2. The van der Waals surface area contributed by atoms with Gasteiger partial charge in [0.05, 0.1) is 36.7 Å². The average Bonchev–Trinajstić information content (AvgIpc) is 2.96. The van der Waals surface area contributed by atoms with Gasteiger partial charge in [-0.1, -0.05) is 44.9 Å². The van der Waals surface area contributed by atoms with Crippen LogP contribution in [-0.2, 0) is 9.47 Å². The van der Waals surface area contributed by atoms with E-state index in [0.717, 1.165) is 70.0 Å². The molecule has 0 aliphatic carbocycles. The first-order valence-electron chi connectivity index (χ1n) is 16.4. The molecule has 4 atom stereocenters. The van der Waals surface area contributed by atoms with Crippen LogP contribution in [0.25, 0.3) is 0 Å². The average molecular weight is 599 g/mol. The zero-order chi connectivity index (χ0) is 31.2. The Morgan fingerprint density at radius 2 is 1.84 bits per heavy atom. The molecule has 9 nitrogen and oxygen atoms in total. The van der Waals surface area contributed by atoms with Crippen molar-refractivity contribution >= 4 is 23.6 Å². The second-order valence-electron chi connectivity index (χ2n) is 13.4. The lowest BCUT2D eigenvalue weighted by atomic mass is 9.68. The minimum absolute atomic E-state index is 0.00477. The quantitative estimate of drug-likeness (QED) is 0.295. The van der Waals surface area contributed by atoms with E-state index in [1.165, 1.54) is 7.11 Å². The Labute approximate surface area is 258 Å². The summed E-state index contributed by atoms with van der Waals surface area (Å²) in [4.78, 5) is 29.7. The van der Waals surface area contributed by atoms with Gasteiger partial charge in [0.1, 0.15) is 0 Å². The van der Waals surface area contributed by atoms with Crippen molar-refractivity contribution in [3.05, 3.63) is 35.9 Å². The number of carbonyl (C=O) groups excluding carboxylic acids is 2. The predicted octanol–water partition coefficient (Wildman–Crippen LogP) is 6.45. The van der Waals surface area contributed by atoms with Crippen molar-refractivity contribution in [1.82, 2.24) is 10.6 Å². The number of anilines is 2. The van der Waals surface area contributed by atoms with Crippen LogP contribution in [0.15, 0.2) is 30.4 Å². The molecule has 0 aromatic heterocycles. The maximum Gasteiger partial charge on any atom is 0.416 e. The number of methoxy groups -OCH3 is 1. The van der Waals surface area contributed by atoms with Gasteiger partial charge in [-0.25, -0.2) is 9.59 Å². The number of nitrogens with zero attached hydrogens (tertiary/aromatic N) is 2. The number of fused-ring (bicyclic) bond motifs is 1. The van der Waals surface area contributed by atoms with Crippen LogP contribution in [0.3, 0.4) is 0 Å². The first-order chi connectivity index (χ1) is 20.5. The van der Waals surface area contributed by atoms with E-state index in [1.807, 2.05) is 32.9 Å². The molecule has 3 aliphatic rings. The Morgan fingerprint density at radius 1 is 1.09 bits per heavy atom. The third kappa shape index (κ3) is 7.91. The lowest BCUT2D eigenvalue weighted by Crippen LogP contribution is -2.53. The van der Waals surface area contributed by atoms with Crippen LogP contribution in [-0.4, -0.2) is 67.9 Å². The highest BCUT2D eigenvalue weighted by Gasteiger charge is 2.40. The highest BCUT2D eigenvalue weighted by molar-refractivity contribution is 6.01. The maximum absolute atomic E-state index is 13.6. The number of benzene rings is 1. The highest BCUT2D eigenvalue weighted by atomic mass is 16.6. The minimum Gasteiger partial charge on any atom is -0.452 e. The zero-order valence-electron chi connectivity index (χ0n) is 27.2. The van der Waals surface area contributed by atoms with Gasteiger partial charge in [-0.3, -0.25) is 15.1 Å². The number of allylic oxidation sites excluding steroid dienone is 1. The first kappa shape index (κ1) is 33.3. The fourth-order valence-electron chi connectivity index (χ4n) is 7.31. The van der Waals surface area contributed by atoms with E-state index in [9.17, 15) is 14.7 Å². The number of amides is 2. The molecule has 240 valence electrons. The van der Waals surface area contributed by atoms with Gasteiger partial charge in [-0.2, -0.15) is 0 Å². The van der Waals surface area contributed by atoms with Crippen LogP contribution >= 0.6 is 0 Å². The smallest absolute Gasteiger partial charge is 0.416 e. The molecule has 4 rings (SSSR count). The maximum atomic E-state index is 13.6. The molecule has 2 amide bonds. The molecule has 0 spiro atoms. The third-order valence-corrected chi connectivity index (χ3v) is 9.32. The summed E-state index contributed by atoms with van der Waals surface area (Å²) in [5.41, 5.74) is 1.59. The van der Waals surface area contributed by atoms with E-state index in [-0.39, 0.29) is 29.6 Å². The predicted molar refractivity (Wildman–Crippen MR) is 172 cm³/mol. The van der Waals surface area contributed by atoms with Gasteiger partial charge < -0.3 is 19.9 Å². The van der Waals surface area contributed by atoms with Gasteiger partial charge in [-0.15, -0.1) is 0 Å². The number of nitrogens with one attached hydrogen (secondary N) is 2. The Hall–Kier alpha value is -2.62. The summed E-state index contributed by atoms with van der Waals surface area (Å²) < 4.78 is 11.0. The lowest BCUT2D eigenvalue weighted by molar-refractivity contribution is 0.0359.